The lowest BCUT2D eigenvalue weighted by atomic mass is 10.2. The van der Waals surface area contributed by atoms with Crippen LogP contribution in [0.15, 0.2) is 42.5 Å². The first-order valence-electron chi connectivity index (χ1n) is 8.14. The highest BCUT2D eigenvalue weighted by Gasteiger charge is 2.20. The van der Waals surface area contributed by atoms with Gasteiger partial charge < -0.3 is 14.8 Å². The normalized spacial score (nSPS) is 11.5. The van der Waals surface area contributed by atoms with Crippen LogP contribution in [-0.4, -0.2) is 24.6 Å². The Kier molecular flexibility index (Phi) is 7.30. The molecule has 0 aliphatic heterocycles. The van der Waals surface area contributed by atoms with Gasteiger partial charge in [0.2, 0.25) is 0 Å². The molecule has 1 atom stereocenters. The van der Waals surface area contributed by atoms with E-state index in [-0.39, 0.29) is 17.5 Å². The number of hydrogen-bond donors (Lipinski definition) is 1. The number of nitrogens with one attached hydrogen (secondary N) is 1. The van der Waals surface area contributed by atoms with Crippen LogP contribution >= 0.6 is 23.2 Å². The van der Waals surface area contributed by atoms with Gasteiger partial charge in [0.05, 0.1) is 22.9 Å². The van der Waals surface area contributed by atoms with Crippen LogP contribution in [0, 0.1) is 0 Å². The molecule has 0 unspecified atom stereocenters. The number of carbonyl (C=O) groups excluding carboxylic acids is 2. The molecule has 0 heterocycles. The Morgan fingerprint density at radius 3 is 2.50 bits per heavy atom. The first-order chi connectivity index (χ1) is 12.4. The van der Waals surface area contributed by atoms with Gasteiger partial charge in [0, 0.05) is 5.02 Å². The van der Waals surface area contributed by atoms with E-state index >= 15 is 0 Å². The van der Waals surface area contributed by atoms with Crippen LogP contribution in [0.2, 0.25) is 10.0 Å². The van der Waals surface area contributed by atoms with Gasteiger partial charge in [0.25, 0.3) is 5.91 Å². The fraction of sp³-hybridized carbons (Fsp3) is 0.263. The van der Waals surface area contributed by atoms with E-state index < -0.39 is 12.1 Å². The predicted molar refractivity (Wildman–Crippen MR) is 102 cm³/mol. The second kappa shape index (κ2) is 9.46. The summed E-state index contributed by atoms with van der Waals surface area (Å²) in [5.74, 6) is -0.315. The minimum atomic E-state index is -0.714. The van der Waals surface area contributed by atoms with Crippen molar-refractivity contribution in [3.63, 3.8) is 0 Å². The lowest BCUT2D eigenvalue weighted by molar-refractivity contribution is -0.122. The van der Waals surface area contributed by atoms with Crippen LogP contribution in [0.4, 0.5) is 5.69 Å². The predicted octanol–water partition coefficient (Wildman–Crippen LogP) is 4.97. The van der Waals surface area contributed by atoms with Crippen molar-refractivity contribution >= 4 is 40.8 Å². The fourth-order valence-corrected chi connectivity index (χ4v) is 2.61. The van der Waals surface area contributed by atoms with Crippen LogP contribution in [0.5, 0.6) is 5.75 Å². The molecule has 2 rings (SSSR count). The van der Waals surface area contributed by atoms with E-state index in [0.717, 1.165) is 0 Å². The van der Waals surface area contributed by atoms with Gasteiger partial charge in [-0.25, -0.2) is 4.79 Å². The number of benzene rings is 2. The van der Waals surface area contributed by atoms with Crippen molar-refractivity contribution in [2.75, 3.05) is 11.9 Å². The molecule has 1 amide bonds. The SMILES string of the molecule is CCOC(=O)c1ccc(NC(=O)[C@H](CC)Oc2cccc(Cl)c2)c(Cl)c1. The first-order valence-corrected chi connectivity index (χ1v) is 8.90. The van der Waals surface area contributed by atoms with Gasteiger partial charge in [-0.1, -0.05) is 36.2 Å². The van der Waals surface area contributed by atoms with Crippen LogP contribution in [-0.2, 0) is 9.53 Å². The fourth-order valence-electron chi connectivity index (χ4n) is 2.20. The minimum Gasteiger partial charge on any atom is -0.481 e. The minimum absolute atomic E-state index is 0.238. The van der Waals surface area contributed by atoms with Crippen molar-refractivity contribution in [1.29, 1.82) is 0 Å². The van der Waals surface area contributed by atoms with Gasteiger partial charge in [-0.15, -0.1) is 0 Å². The summed E-state index contributed by atoms with van der Waals surface area (Å²) >= 11 is 12.1. The highest BCUT2D eigenvalue weighted by molar-refractivity contribution is 6.34. The maximum atomic E-state index is 12.5. The number of carbonyl (C=O) groups is 2. The summed E-state index contributed by atoms with van der Waals surface area (Å²) in [6.45, 7) is 3.83. The van der Waals surface area contributed by atoms with Crippen molar-refractivity contribution in [1.82, 2.24) is 0 Å². The molecule has 5 nitrogen and oxygen atoms in total. The van der Waals surface area contributed by atoms with E-state index in [0.29, 0.717) is 28.4 Å². The highest BCUT2D eigenvalue weighted by atomic mass is 35.5. The van der Waals surface area contributed by atoms with E-state index in [1.807, 2.05) is 6.92 Å². The summed E-state index contributed by atoms with van der Waals surface area (Å²) in [6, 6.07) is 11.4. The summed E-state index contributed by atoms with van der Waals surface area (Å²) in [5, 5.41) is 3.47. The molecule has 26 heavy (non-hydrogen) atoms. The first kappa shape index (κ1) is 20.1. The molecule has 0 fully saturated rings. The maximum Gasteiger partial charge on any atom is 0.338 e. The molecule has 138 valence electrons. The molecule has 0 saturated heterocycles. The zero-order valence-corrected chi connectivity index (χ0v) is 15.9. The van der Waals surface area contributed by atoms with Crippen molar-refractivity contribution in [2.45, 2.75) is 26.4 Å². The molecule has 0 aromatic heterocycles. The second-order valence-corrected chi connectivity index (χ2v) is 6.22. The Balaban J connectivity index is 2.08. The molecule has 0 aliphatic carbocycles. The number of esters is 1. The number of hydrogen-bond acceptors (Lipinski definition) is 4. The largest absolute Gasteiger partial charge is 0.481 e. The molecule has 0 radical (unpaired) electrons. The Bertz CT molecular complexity index is 795. The zero-order valence-electron chi connectivity index (χ0n) is 14.4. The van der Waals surface area contributed by atoms with Crippen LogP contribution < -0.4 is 10.1 Å². The van der Waals surface area contributed by atoms with E-state index in [1.54, 1.807) is 37.3 Å². The number of ether oxygens (including phenoxy) is 2. The molecule has 0 aliphatic rings. The smallest absolute Gasteiger partial charge is 0.338 e. The topological polar surface area (TPSA) is 64.6 Å². The van der Waals surface area contributed by atoms with Gasteiger partial charge in [-0.3, -0.25) is 4.79 Å². The number of halogens is 2. The van der Waals surface area contributed by atoms with Crippen molar-refractivity contribution in [2.24, 2.45) is 0 Å². The number of rotatable bonds is 7. The molecular weight excluding hydrogens is 377 g/mol. The summed E-state index contributed by atoms with van der Waals surface area (Å²) < 4.78 is 10.6. The summed E-state index contributed by atoms with van der Waals surface area (Å²) in [6.07, 6.45) is -0.258. The van der Waals surface area contributed by atoms with E-state index in [9.17, 15) is 9.59 Å². The maximum absolute atomic E-state index is 12.5. The van der Waals surface area contributed by atoms with Crippen LogP contribution in [0.3, 0.4) is 0 Å². The number of amides is 1. The second-order valence-electron chi connectivity index (χ2n) is 5.38. The third kappa shape index (κ3) is 5.38. The zero-order chi connectivity index (χ0) is 19.1. The van der Waals surface area contributed by atoms with E-state index in [1.165, 1.54) is 12.1 Å². The molecular formula is C19H19Cl2NO4. The highest BCUT2D eigenvalue weighted by Crippen LogP contribution is 2.25. The third-order valence-electron chi connectivity index (χ3n) is 3.48. The van der Waals surface area contributed by atoms with Gasteiger partial charge in [-0.05, 0) is 49.7 Å². The monoisotopic (exact) mass is 395 g/mol. The summed E-state index contributed by atoms with van der Waals surface area (Å²) in [4.78, 5) is 24.2. The van der Waals surface area contributed by atoms with E-state index in [2.05, 4.69) is 5.32 Å². The molecule has 2 aromatic carbocycles. The molecule has 1 N–H and O–H groups in total. The molecule has 0 saturated carbocycles. The number of anilines is 1. The average Bonchev–Trinajstić information content (AvgIpc) is 2.61. The quantitative estimate of drug-likeness (QED) is 0.672. The lowest BCUT2D eigenvalue weighted by Gasteiger charge is -2.18. The van der Waals surface area contributed by atoms with Crippen molar-refractivity contribution in [3.05, 3.63) is 58.1 Å². The Morgan fingerprint density at radius 2 is 1.88 bits per heavy atom. The van der Waals surface area contributed by atoms with Crippen molar-refractivity contribution < 1.29 is 19.1 Å². The Labute approximate surface area is 162 Å². The summed E-state index contributed by atoms with van der Waals surface area (Å²) in [5.41, 5.74) is 0.704. The van der Waals surface area contributed by atoms with Crippen LogP contribution in [0.1, 0.15) is 30.6 Å². The third-order valence-corrected chi connectivity index (χ3v) is 4.02. The molecule has 0 spiro atoms. The Morgan fingerprint density at radius 1 is 1.12 bits per heavy atom. The molecule has 2 aromatic rings. The average molecular weight is 396 g/mol. The Hall–Kier alpha value is -2.24. The van der Waals surface area contributed by atoms with Crippen LogP contribution in [0.25, 0.3) is 0 Å². The molecule has 7 heteroatoms. The summed E-state index contributed by atoms with van der Waals surface area (Å²) in [7, 11) is 0. The van der Waals surface area contributed by atoms with E-state index in [4.69, 9.17) is 32.7 Å². The van der Waals surface area contributed by atoms with Gasteiger partial charge in [0.15, 0.2) is 6.10 Å². The van der Waals surface area contributed by atoms with Gasteiger partial charge in [0.1, 0.15) is 5.75 Å². The molecule has 0 bridgehead atoms. The van der Waals surface area contributed by atoms with Gasteiger partial charge in [-0.2, -0.15) is 0 Å². The standard InChI is InChI=1S/C19H19Cl2NO4/c1-3-17(26-14-7-5-6-13(20)11-14)18(23)22-16-9-8-12(10-15(16)21)19(24)25-4-2/h5-11,17H,3-4H2,1-2H3,(H,22,23)/t17-/m0/s1. The lowest BCUT2D eigenvalue weighted by Crippen LogP contribution is -2.32. The van der Waals surface area contributed by atoms with Gasteiger partial charge >= 0.3 is 5.97 Å². The van der Waals surface area contributed by atoms with Crippen molar-refractivity contribution in [3.8, 4) is 5.75 Å².